The van der Waals surface area contributed by atoms with Crippen LogP contribution in [0.1, 0.15) is 15.2 Å². The SMILES string of the molecule is O=C(NCc1ccc(Br)s1)c1ccc(NS(=O)(=O)c2ccc(F)c(F)c2)cc1. The first kappa shape index (κ1) is 20.4. The Morgan fingerprint density at radius 1 is 1.00 bits per heavy atom. The number of amides is 1. The third kappa shape index (κ3) is 4.94. The Hall–Kier alpha value is -2.30. The van der Waals surface area contributed by atoms with Gasteiger partial charge < -0.3 is 5.32 Å². The van der Waals surface area contributed by atoms with Gasteiger partial charge in [-0.25, -0.2) is 17.2 Å². The van der Waals surface area contributed by atoms with Crippen molar-refractivity contribution in [3.05, 3.63) is 80.5 Å². The lowest BCUT2D eigenvalue weighted by Crippen LogP contribution is -2.22. The van der Waals surface area contributed by atoms with Gasteiger partial charge >= 0.3 is 0 Å². The second-order valence-corrected chi connectivity index (χ2v) is 9.88. The van der Waals surface area contributed by atoms with Crippen molar-refractivity contribution in [2.75, 3.05) is 4.72 Å². The minimum absolute atomic E-state index is 0.184. The maximum absolute atomic E-state index is 13.3. The molecule has 0 spiro atoms. The van der Waals surface area contributed by atoms with Crippen LogP contribution in [0.4, 0.5) is 14.5 Å². The van der Waals surface area contributed by atoms with Crippen LogP contribution in [0.25, 0.3) is 0 Å². The Balaban J connectivity index is 1.66. The predicted octanol–water partition coefficient (Wildman–Crippen LogP) is 4.52. The Morgan fingerprint density at radius 3 is 2.32 bits per heavy atom. The molecule has 3 rings (SSSR count). The van der Waals surface area contributed by atoms with Gasteiger partial charge in [0, 0.05) is 16.1 Å². The van der Waals surface area contributed by atoms with Crippen LogP contribution in [-0.4, -0.2) is 14.3 Å². The number of halogens is 3. The van der Waals surface area contributed by atoms with Crippen LogP contribution in [0.15, 0.2) is 63.3 Å². The van der Waals surface area contributed by atoms with Gasteiger partial charge in [0.05, 0.1) is 15.2 Å². The first-order valence-electron chi connectivity index (χ1n) is 7.85. The molecule has 2 aromatic carbocycles. The van der Waals surface area contributed by atoms with Crippen LogP contribution in [0.5, 0.6) is 0 Å². The Labute approximate surface area is 172 Å². The predicted molar refractivity (Wildman–Crippen MR) is 107 cm³/mol. The zero-order valence-electron chi connectivity index (χ0n) is 14.1. The number of anilines is 1. The quantitative estimate of drug-likeness (QED) is 0.537. The fourth-order valence-corrected chi connectivity index (χ4v) is 4.76. The van der Waals surface area contributed by atoms with Crippen LogP contribution < -0.4 is 10.0 Å². The third-order valence-corrected chi connectivity index (χ3v) is 6.66. The molecule has 0 fully saturated rings. The Bertz CT molecular complexity index is 1120. The monoisotopic (exact) mass is 486 g/mol. The van der Waals surface area contributed by atoms with Gasteiger partial charge in [-0.1, -0.05) is 0 Å². The summed E-state index contributed by atoms with van der Waals surface area (Å²) in [7, 11) is -4.09. The number of nitrogens with one attached hydrogen (secondary N) is 2. The van der Waals surface area contributed by atoms with E-state index in [1.807, 2.05) is 12.1 Å². The lowest BCUT2D eigenvalue weighted by atomic mass is 10.2. The molecule has 0 unspecified atom stereocenters. The van der Waals surface area contributed by atoms with Crippen molar-refractivity contribution in [2.45, 2.75) is 11.4 Å². The van der Waals surface area contributed by atoms with Crippen molar-refractivity contribution < 1.29 is 22.0 Å². The molecule has 0 aliphatic heterocycles. The average Bonchev–Trinajstić information content (AvgIpc) is 3.07. The van der Waals surface area contributed by atoms with E-state index in [9.17, 15) is 22.0 Å². The molecule has 2 N–H and O–H groups in total. The normalized spacial score (nSPS) is 11.2. The van der Waals surface area contributed by atoms with Crippen molar-refractivity contribution in [1.82, 2.24) is 5.32 Å². The van der Waals surface area contributed by atoms with E-state index in [2.05, 4.69) is 26.0 Å². The van der Waals surface area contributed by atoms with E-state index >= 15 is 0 Å². The van der Waals surface area contributed by atoms with Crippen molar-refractivity contribution in [1.29, 1.82) is 0 Å². The van der Waals surface area contributed by atoms with Gasteiger partial charge in [-0.3, -0.25) is 9.52 Å². The van der Waals surface area contributed by atoms with Gasteiger partial charge in [-0.2, -0.15) is 0 Å². The molecule has 5 nitrogen and oxygen atoms in total. The summed E-state index contributed by atoms with van der Waals surface area (Å²) >= 11 is 4.86. The lowest BCUT2D eigenvalue weighted by Gasteiger charge is -2.09. The molecule has 0 saturated heterocycles. The second-order valence-electron chi connectivity index (χ2n) is 5.65. The van der Waals surface area contributed by atoms with Gasteiger partial charge in [-0.15, -0.1) is 11.3 Å². The van der Waals surface area contributed by atoms with E-state index < -0.39 is 26.6 Å². The number of sulfonamides is 1. The summed E-state index contributed by atoms with van der Waals surface area (Å²) in [5.74, 6) is -2.70. The maximum Gasteiger partial charge on any atom is 0.261 e. The topological polar surface area (TPSA) is 75.3 Å². The number of hydrogen-bond donors (Lipinski definition) is 2. The molecule has 0 atom stereocenters. The summed E-state index contributed by atoms with van der Waals surface area (Å²) < 4.78 is 54.0. The Morgan fingerprint density at radius 2 is 1.71 bits per heavy atom. The largest absolute Gasteiger partial charge is 0.347 e. The van der Waals surface area contributed by atoms with Crippen LogP contribution >= 0.6 is 27.3 Å². The summed E-state index contributed by atoms with van der Waals surface area (Å²) in [6.07, 6.45) is 0. The number of benzene rings is 2. The highest BCUT2D eigenvalue weighted by atomic mass is 79.9. The van der Waals surface area contributed by atoms with E-state index in [0.717, 1.165) is 20.8 Å². The summed E-state index contributed by atoms with van der Waals surface area (Å²) in [6.45, 7) is 0.375. The van der Waals surface area contributed by atoms with Gasteiger partial charge in [0.15, 0.2) is 11.6 Å². The molecule has 0 saturated carbocycles. The lowest BCUT2D eigenvalue weighted by molar-refractivity contribution is 0.0951. The average molecular weight is 487 g/mol. The highest BCUT2D eigenvalue weighted by molar-refractivity contribution is 9.11. The molecule has 0 aliphatic carbocycles. The minimum Gasteiger partial charge on any atom is -0.347 e. The van der Waals surface area contributed by atoms with E-state index in [1.54, 1.807) is 0 Å². The van der Waals surface area contributed by atoms with E-state index in [4.69, 9.17) is 0 Å². The highest BCUT2D eigenvalue weighted by Crippen LogP contribution is 2.22. The molecule has 1 aromatic heterocycles. The second kappa shape index (κ2) is 8.38. The highest BCUT2D eigenvalue weighted by Gasteiger charge is 2.17. The summed E-state index contributed by atoms with van der Waals surface area (Å²) in [4.78, 5) is 12.8. The van der Waals surface area contributed by atoms with E-state index in [-0.39, 0.29) is 11.6 Å². The molecule has 1 heterocycles. The zero-order chi connectivity index (χ0) is 20.3. The van der Waals surface area contributed by atoms with Crippen molar-refractivity contribution in [3.63, 3.8) is 0 Å². The fourth-order valence-electron chi connectivity index (χ4n) is 2.26. The number of carbonyl (C=O) groups is 1. The zero-order valence-corrected chi connectivity index (χ0v) is 17.3. The van der Waals surface area contributed by atoms with Crippen molar-refractivity contribution in [2.24, 2.45) is 0 Å². The number of thiophene rings is 1. The molecule has 146 valence electrons. The first-order chi connectivity index (χ1) is 13.2. The van der Waals surface area contributed by atoms with Crippen LogP contribution in [0.3, 0.4) is 0 Å². The van der Waals surface area contributed by atoms with Crippen LogP contribution in [-0.2, 0) is 16.6 Å². The van der Waals surface area contributed by atoms with Gasteiger partial charge in [0.25, 0.3) is 15.9 Å². The minimum atomic E-state index is -4.09. The maximum atomic E-state index is 13.3. The molecule has 10 heteroatoms. The first-order valence-corrected chi connectivity index (χ1v) is 10.9. The van der Waals surface area contributed by atoms with Gasteiger partial charge in [0.1, 0.15) is 0 Å². The van der Waals surface area contributed by atoms with Gasteiger partial charge in [-0.05, 0) is 70.5 Å². The summed E-state index contributed by atoms with van der Waals surface area (Å²) in [5, 5.41) is 2.77. The molecule has 1 amide bonds. The van der Waals surface area contributed by atoms with Crippen molar-refractivity contribution in [3.8, 4) is 0 Å². The number of carbonyl (C=O) groups excluding carboxylic acids is 1. The molecular weight excluding hydrogens is 474 g/mol. The molecule has 3 aromatic rings. The smallest absolute Gasteiger partial charge is 0.261 e. The van der Waals surface area contributed by atoms with Crippen molar-refractivity contribution >= 4 is 48.9 Å². The van der Waals surface area contributed by atoms with E-state index in [0.29, 0.717) is 18.2 Å². The number of hydrogen-bond acceptors (Lipinski definition) is 4. The number of rotatable bonds is 6. The summed E-state index contributed by atoms with van der Waals surface area (Å²) in [6, 6.07) is 11.8. The van der Waals surface area contributed by atoms with Crippen LogP contribution in [0.2, 0.25) is 0 Å². The third-order valence-electron chi connectivity index (χ3n) is 3.65. The molecular formula is C18H13BrF2N2O3S2. The molecule has 28 heavy (non-hydrogen) atoms. The molecule has 0 radical (unpaired) electrons. The standard InChI is InChI=1S/C18H13BrF2N2O3S2/c19-17-8-5-13(27-17)10-22-18(24)11-1-3-12(4-2-11)23-28(25,26)14-6-7-15(20)16(21)9-14/h1-9,23H,10H2,(H,22,24). The van der Waals surface area contributed by atoms with E-state index in [1.165, 1.54) is 35.6 Å². The fraction of sp³-hybridized carbons (Fsp3) is 0.0556. The molecule has 0 bridgehead atoms. The molecule has 0 aliphatic rings. The summed E-state index contributed by atoms with van der Waals surface area (Å²) in [5.41, 5.74) is 0.537. The Kier molecular flexibility index (Phi) is 6.11. The van der Waals surface area contributed by atoms with Crippen LogP contribution in [0, 0.1) is 11.6 Å². The van der Waals surface area contributed by atoms with Gasteiger partial charge in [0.2, 0.25) is 0 Å².